The molecule has 29 heavy (non-hydrogen) atoms. The van der Waals surface area contributed by atoms with Gasteiger partial charge in [0, 0.05) is 25.2 Å². The second kappa shape index (κ2) is 8.43. The highest BCUT2D eigenvalue weighted by molar-refractivity contribution is 6.01. The van der Waals surface area contributed by atoms with Crippen molar-refractivity contribution in [3.63, 3.8) is 0 Å². The van der Waals surface area contributed by atoms with E-state index in [-0.39, 0.29) is 23.9 Å². The van der Waals surface area contributed by atoms with Gasteiger partial charge in [0.2, 0.25) is 11.8 Å². The van der Waals surface area contributed by atoms with E-state index in [9.17, 15) is 14.4 Å². The van der Waals surface area contributed by atoms with Crippen LogP contribution < -0.4 is 10.6 Å². The van der Waals surface area contributed by atoms with Gasteiger partial charge in [-0.2, -0.15) is 0 Å². The lowest BCUT2D eigenvalue weighted by Crippen LogP contribution is -2.47. The third-order valence-electron chi connectivity index (χ3n) is 5.44. The fraction of sp³-hybridized carbons (Fsp3) is 0.591. The SMILES string of the molecule is Cc1cc(C2CCN(C(=O)OC(C)(C)C)CC2)ccc1NC1CCC(=O)NC1=O. The van der Waals surface area contributed by atoms with Crippen LogP contribution in [0, 0.1) is 6.92 Å². The van der Waals surface area contributed by atoms with E-state index in [2.05, 4.69) is 22.8 Å². The quantitative estimate of drug-likeness (QED) is 0.759. The van der Waals surface area contributed by atoms with E-state index in [1.54, 1.807) is 4.90 Å². The van der Waals surface area contributed by atoms with Crippen molar-refractivity contribution < 1.29 is 19.1 Å². The molecule has 2 saturated heterocycles. The predicted octanol–water partition coefficient (Wildman–Crippen LogP) is 3.33. The summed E-state index contributed by atoms with van der Waals surface area (Å²) in [5.74, 6) is -0.0749. The minimum absolute atomic E-state index is 0.210. The molecule has 2 aliphatic heterocycles. The van der Waals surface area contributed by atoms with Crippen molar-refractivity contribution in [2.24, 2.45) is 0 Å². The van der Waals surface area contributed by atoms with Crippen LogP contribution in [-0.4, -0.2) is 47.5 Å². The molecule has 1 aromatic carbocycles. The second-order valence-corrected chi connectivity index (χ2v) is 8.96. The van der Waals surface area contributed by atoms with Gasteiger partial charge in [-0.15, -0.1) is 0 Å². The number of carbonyl (C=O) groups excluding carboxylic acids is 3. The molecule has 2 aliphatic rings. The first-order chi connectivity index (χ1) is 13.6. The summed E-state index contributed by atoms with van der Waals surface area (Å²) >= 11 is 0. The Bertz CT molecular complexity index is 792. The molecule has 7 nitrogen and oxygen atoms in total. The highest BCUT2D eigenvalue weighted by atomic mass is 16.6. The van der Waals surface area contributed by atoms with Crippen LogP contribution in [0.5, 0.6) is 0 Å². The Hall–Kier alpha value is -2.57. The van der Waals surface area contributed by atoms with Crippen LogP contribution in [0.2, 0.25) is 0 Å². The molecule has 2 fully saturated rings. The molecule has 3 rings (SSSR count). The highest BCUT2D eigenvalue weighted by Crippen LogP contribution is 2.31. The number of imide groups is 1. The minimum Gasteiger partial charge on any atom is -0.444 e. The molecule has 1 unspecified atom stereocenters. The maximum atomic E-state index is 12.2. The first-order valence-corrected chi connectivity index (χ1v) is 10.3. The molecule has 0 saturated carbocycles. The number of hydrogen-bond donors (Lipinski definition) is 2. The third-order valence-corrected chi connectivity index (χ3v) is 5.44. The molecule has 0 spiro atoms. The Kier molecular flexibility index (Phi) is 6.15. The average molecular weight is 402 g/mol. The van der Waals surface area contributed by atoms with Gasteiger partial charge in [0.05, 0.1) is 0 Å². The molecular formula is C22H31N3O4. The molecule has 2 heterocycles. The number of piperidine rings is 2. The fourth-order valence-electron chi connectivity index (χ4n) is 3.84. The Morgan fingerprint density at radius 2 is 1.86 bits per heavy atom. The number of hydrogen-bond acceptors (Lipinski definition) is 5. The Labute approximate surface area is 172 Å². The standard InChI is InChI=1S/C22H31N3O4/c1-14-13-16(5-6-17(14)23-18-7-8-19(26)24-20(18)27)15-9-11-25(12-10-15)21(28)29-22(2,3)4/h5-6,13,15,18,23H,7-12H2,1-4H3,(H,24,26,27). The van der Waals surface area contributed by atoms with Crippen LogP contribution in [0.1, 0.15) is 63.5 Å². The lowest BCUT2D eigenvalue weighted by molar-refractivity contribution is -0.133. The van der Waals surface area contributed by atoms with Crippen molar-refractivity contribution >= 4 is 23.6 Å². The Morgan fingerprint density at radius 3 is 2.45 bits per heavy atom. The molecule has 1 atom stereocenters. The molecule has 0 aliphatic carbocycles. The van der Waals surface area contributed by atoms with E-state index >= 15 is 0 Å². The zero-order chi connectivity index (χ0) is 21.2. The van der Waals surface area contributed by atoms with Gasteiger partial charge < -0.3 is 15.0 Å². The lowest BCUT2D eigenvalue weighted by atomic mass is 9.88. The number of amides is 3. The van der Waals surface area contributed by atoms with Crippen LogP contribution in [0.4, 0.5) is 10.5 Å². The molecule has 7 heteroatoms. The van der Waals surface area contributed by atoms with Crippen LogP contribution in [-0.2, 0) is 14.3 Å². The van der Waals surface area contributed by atoms with Crippen molar-refractivity contribution in [1.29, 1.82) is 0 Å². The molecule has 0 bridgehead atoms. The zero-order valence-corrected chi connectivity index (χ0v) is 17.7. The molecule has 2 N–H and O–H groups in total. The number of ether oxygens (including phenoxy) is 1. The first-order valence-electron chi connectivity index (χ1n) is 10.3. The number of likely N-dealkylation sites (tertiary alicyclic amines) is 1. The smallest absolute Gasteiger partial charge is 0.410 e. The van der Waals surface area contributed by atoms with Crippen molar-refractivity contribution in [3.05, 3.63) is 29.3 Å². The highest BCUT2D eigenvalue weighted by Gasteiger charge is 2.29. The van der Waals surface area contributed by atoms with E-state index in [1.165, 1.54) is 5.56 Å². The van der Waals surface area contributed by atoms with Gasteiger partial charge in [-0.3, -0.25) is 14.9 Å². The summed E-state index contributed by atoms with van der Waals surface area (Å²) in [5, 5.41) is 5.64. The van der Waals surface area contributed by atoms with E-state index in [0.29, 0.717) is 31.8 Å². The maximum Gasteiger partial charge on any atom is 0.410 e. The topological polar surface area (TPSA) is 87.7 Å². The Balaban J connectivity index is 1.58. The summed E-state index contributed by atoms with van der Waals surface area (Å²) in [6.07, 6.45) is 2.43. The maximum absolute atomic E-state index is 12.2. The first kappa shape index (κ1) is 21.1. The number of anilines is 1. The number of nitrogens with one attached hydrogen (secondary N) is 2. The third kappa shape index (κ3) is 5.49. The number of carbonyl (C=O) groups is 3. The van der Waals surface area contributed by atoms with Crippen LogP contribution >= 0.6 is 0 Å². The second-order valence-electron chi connectivity index (χ2n) is 8.96. The summed E-state index contributed by atoms with van der Waals surface area (Å²) in [7, 11) is 0. The normalized spacial score (nSPS) is 21.0. The molecule has 158 valence electrons. The summed E-state index contributed by atoms with van der Waals surface area (Å²) in [6.45, 7) is 9.04. The van der Waals surface area contributed by atoms with E-state index < -0.39 is 5.60 Å². The number of nitrogens with zero attached hydrogens (tertiary/aromatic N) is 1. The lowest BCUT2D eigenvalue weighted by Gasteiger charge is -2.34. The van der Waals surface area contributed by atoms with Crippen LogP contribution in [0.25, 0.3) is 0 Å². The summed E-state index contributed by atoms with van der Waals surface area (Å²) in [5.41, 5.74) is 2.76. The zero-order valence-electron chi connectivity index (χ0n) is 17.7. The van der Waals surface area contributed by atoms with Gasteiger partial charge in [-0.1, -0.05) is 12.1 Å². The Morgan fingerprint density at radius 1 is 1.17 bits per heavy atom. The molecular weight excluding hydrogens is 370 g/mol. The number of aryl methyl sites for hydroxylation is 1. The van der Waals surface area contributed by atoms with E-state index in [4.69, 9.17) is 4.74 Å². The average Bonchev–Trinajstić information content (AvgIpc) is 2.64. The van der Waals surface area contributed by atoms with Gasteiger partial charge in [0.25, 0.3) is 0 Å². The predicted molar refractivity (Wildman–Crippen MR) is 111 cm³/mol. The van der Waals surface area contributed by atoms with Gasteiger partial charge in [0.15, 0.2) is 0 Å². The summed E-state index contributed by atoms with van der Waals surface area (Å²) in [6, 6.07) is 5.88. The van der Waals surface area contributed by atoms with E-state index in [1.807, 2.05) is 33.8 Å². The fourth-order valence-corrected chi connectivity index (χ4v) is 3.84. The van der Waals surface area contributed by atoms with Gasteiger partial charge in [-0.05, 0) is 70.1 Å². The van der Waals surface area contributed by atoms with Crippen molar-refractivity contribution in [2.75, 3.05) is 18.4 Å². The van der Waals surface area contributed by atoms with Crippen molar-refractivity contribution in [1.82, 2.24) is 10.2 Å². The summed E-state index contributed by atoms with van der Waals surface area (Å²) in [4.78, 5) is 37.3. The minimum atomic E-state index is -0.476. The number of rotatable bonds is 3. The largest absolute Gasteiger partial charge is 0.444 e. The van der Waals surface area contributed by atoms with Gasteiger partial charge in [0.1, 0.15) is 11.6 Å². The van der Waals surface area contributed by atoms with Crippen molar-refractivity contribution in [2.45, 2.75) is 70.9 Å². The molecule has 1 aromatic rings. The van der Waals surface area contributed by atoms with E-state index in [0.717, 1.165) is 24.1 Å². The van der Waals surface area contributed by atoms with Gasteiger partial charge in [-0.25, -0.2) is 4.79 Å². The number of benzene rings is 1. The van der Waals surface area contributed by atoms with Crippen LogP contribution in [0.15, 0.2) is 18.2 Å². The monoisotopic (exact) mass is 401 g/mol. The van der Waals surface area contributed by atoms with Crippen molar-refractivity contribution in [3.8, 4) is 0 Å². The summed E-state index contributed by atoms with van der Waals surface area (Å²) < 4.78 is 5.47. The molecule has 0 radical (unpaired) electrons. The van der Waals surface area contributed by atoms with Gasteiger partial charge >= 0.3 is 6.09 Å². The molecule has 3 amide bonds. The van der Waals surface area contributed by atoms with Crippen LogP contribution in [0.3, 0.4) is 0 Å². The molecule has 0 aromatic heterocycles.